The summed E-state index contributed by atoms with van der Waals surface area (Å²) in [7, 11) is 0. The average molecular weight is 586 g/mol. The van der Waals surface area contributed by atoms with E-state index in [0.717, 1.165) is 23.3 Å². The second-order valence-electron chi connectivity index (χ2n) is 11.3. The van der Waals surface area contributed by atoms with Crippen molar-refractivity contribution in [1.29, 1.82) is 0 Å². The fourth-order valence-electron chi connectivity index (χ4n) is 4.56. The number of para-hydroxylation sites is 2. The average Bonchev–Trinajstić information content (AvgIpc) is 2.99. The van der Waals surface area contributed by atoms with Crippen molar-refractivity contribution in [3.8, 4) is 11.5 Å². The minimum atomic E-state index is -0.742. The standard InChI is InChI=1S/C35H37F2N3O3/c1-35(2,3)26-16-14-24(15-17-26)23-40(31-12-4-5-13-32(31)43-27-9-6-8-25(20-27)21-38)34(42)19-18-33(41)39-22-28-29(36)10-7-11-30(28)37/h4-17,20H,18-19,21-23,38H2,1-3H3,(H,39,41). The molecule has 0 saturated heterocycles. The van der Waals surface area contributed by atoms with Crippen LogP contribution >= 0.6 is 0 Å². The van der Waals surface area contributed by atoms with Gasteiger partial charge in [-0.2, -0.15) is 0 Å². The Balaban J connectivity index is 1.55. The first-order valence-corrected chi connectivity index (χ1v) is 14.2. The van der Waals surface area contributed by atoms with Gasteiger partial charge in [-0.05, 0) is 58.5 Å². The molecule has 0 unspecified atom stereocenters. The van der Waals surface area contributed by atoms with Crippen LogP contribution in [0.5, 0.6) is 11.5 Å². The quantitative estimate of drug-likeness (QED) is 0.196. The monoisotopic (exact) mass is 585 g/mol. The summed E-state index contributed by atoms with van der Waals surface area (Å²) in [5.41, 5.74) is 9.07. The topological polar surface area (TPSA) is 84.7 Å². The van der Waals surface area contributed by atoms with Crippen molar-refractivity contribution in [2.24, 2.45) is 5.73 Å². The maximum atomic E-state index is 14.0. The fourth-order valence-corrected chi connectivity index (χ4v) is 4.56. The molecule has 6 nitrogen and oxygen atoms in total. The number of nitrogens with two attached hydrogens (primary N) is 1. The van der Waals surface area contributed by atoms with E-state index in [-0.39, 0.29) is 42.8 Å². The van der Waals surface area contributed by atoms with Crippen LogP contribution in [0.2, 0.25) is 0 Å². The van der Waals surface area contributed by atoms with Crippen LogP contribution in [-0.4, -0.2) is 11.8 Å². The molecule has 0 fully saturated rings. The summed E-state index contributed by atoms with van der Waals surface area (Å²) in [6.45, 7) is 6.70. The van der Waals surface area contributed by atoms with Gasteiger partial charge in [0.1, 0.15) is 17.4 Å². The Hall–Kier alpha value is -4.56. The van der Waals surface area contributed by atoms with E-state index in [1.54, 1.807) is 17.0 Å². The first kappa shape index (κ1) is 31.4. The van der Waals surface area contributed by atoms with Crippen molar-refractivity contribution < 1.29 is 23.1 Å². The number of amides is 2. The molecule has 0 atom stereocenters. The van der Waals surface area contributed by atoms with E-state index < -0.39 is 17.5 Å². The Labute approximate surface area is 251 Å². The summed E-state index contributed by atoms with van der Waals surface area (Å²) in [4.78, 5) is 27.9. The summed E-state index contributed by atoms with van der Waals surface area (Å²) in [6, 6.07) is 26.2. The number of hydrogen-bond acceptors (Lipinski definition) is 4. The molecule has 0 aliphatic heterocycles. The number of nitrogens with one attached hydrogen (secondary N) is 1. The van der Waals surface area contributed by atoms with Gasteiger partial charge < -0.3 is 20.7 Å². The number of anilines is 1. The zero-order valence-electron chi connectivity index (χ0n) is 24.7. The first-order valence-electron chi connectivity index (χ1n) is 14.2. The van der Waals surface area contributed by atoms with Gasteiger partial charge in [0.25, 0.3) is 0 Å². The highest BCUT2D eigenvalue weighted by molar-refractivity contribution is 5.96. The molecule has 0 spiro atoms. The van der Waals surface area contributed by atoms with Gasteiger partial charge in [0.15, 0.2) is 5.75 Å². The maximum Gasteiger partial charge on any atom is 0.227 e. The molecular weight excluding hydrogens is 548 g/mol. The molecule has 0 saturated carbocycles. The predicted octanol–water partition coefficient (Wildman–Crippen LogP) is 7.14. The molecule has 0 heterocycles. The maximum absolute atomic E-state index is 14.0. The highest BCUT2D eigenvalue weighted by Crippen LogP contribution is 2.34. The number of carbonyl (C=O) groups excluding carboxylic acids is 2. The van der Waals surface area contributed by atoms with Gasteiger partial charge in [-0.1, -0.05) is 75.4 Å². The number of benzene rings is 4. The van der Waals surface area contributed by atoms with Gasteiger partial charge in [-0.15, -0.1) is 0 Å². The number of nitrogens with zero attached hydrogens (tertiary/aromatic N) is 1. The third-order valence-corrected chi connectivity index (χ3v) is 7.07. The van der Waals surface area contributed by atoms with Crippen molar-refractivity contribution in [3.63, 3.8) is 0 Å². The van der Waals surface area contributed by atoms with Gasteiger partial charge >= 0.3 is 0 Å². The minimum Gasteiger partial charge on any atom is -0.455 e. The lowest BCUT2D eigenvalue weighted by Crippen LogP contribution is -2.32. The lowest BCUT2D eigenvalue weighted by atomic mass is 9.87. The SMILES string of the molecule is CC(C)(C)c1ccc(CN(C(=O)CCC(=O)NCc2c(F)cccc2F)c2ccccc2Oc2cccc(CN)c2)cc1. The third-order valence-electron chi connectivity index (χ3n) is 7.07. The summed E-state index contributed by atoms with van der Waals surface area (Å²) >= 11 is 0. The van der Waals surface area contributed by atoms with Crippen molar-refractivity contribution >= 4 is 17.5 Å². The van der Waals surface area contributed by atoms with Crippen molar-refractivity contribution in [3.05, 3.63) is 125 Å². The minimum absolute atomic E-state index is 0.0223. The van der Waals surface area contributed by atoms with Crippen LogP contribution < -0.4 is 20.7 Å². The molecule has 43 heavy (non-hydrogen) atoms. The van der Waals surface area contributed by atoms with Crippen molar-refractivity contribution in [2.45, 2.75) is 58.7 Å². The van der Waals surface area contributed by atoms with Crippen LogP contribution in [0.1, 0.15) is 55.9 Å². The number of hydrogen-bond donors (Lipinski definition) is 2. The normalized spacial score (nSPS) is 11.2. The summed E-state index contributed by atoms with van der Waals surface area (Å²) < 4.78 is 34.2. The fraction of sp³-hybridized carbons (Fsp3) is 0.257. The molecule has 0 bridgehead atoms. The van der Waals surface area contributed by atoms with E-state index >= 15 is 0 Å². The molecule has 0 aliphatic rings. The molecule has 0 aromatic heterocycles. The van der Waals surface area contributed by atoms with Gasteiger partial charge in [-0.3, -0.25) is 9.59 Å². The molecule has 8 heteroatoms. The van der Waals surface area contributed by atoms with E-state index in [1.165, 1.54) is 11.6 Å². The Morgan fingerprint density at radius 3 is 2.19 bits per heavy atom. The van der Waals surface area contributed by atoms with Gasteiger partial charge in [0.2, 0.25) is 11.8 Å². The van der Waals surface area contributed by atoms with Crippen LogP contribution in [0.4, 0.5) is 14.5 Å². The lowest BCUT2D eigenvalue weighted by Gasteiger charge is -2.26. The zero-order chi connectivity index (χ0) is 31.0. The summed E-state index contributed by atoms with van der Waals surface area (Å²) in [6.07, 6.45) is -0.279. The van der Waals surface area contributed by atoms with Crippen LogP contribution in [0.3, 0.4) is 0 Å². The Morgan fingerprint density at radius 1 is 0.837 bits per heavy atom. The molecule has 0 aliphatic carbocycles. The molecule has 224 valence electrons. The highest BCUT2D eigenvalue weighted by Gasteiger charge is 2.22. The molecule has 3 N–H and O–H groups in total. The Kier molecular flexibility index (Phi) is 10.3. The molecular formula is C35H37F2N3O3. The van der Waals surface area contributed by atoms with E-state index in [0.29, 0.717) is 23.7 Å². The molecule has 0 radical (unpaired) electrons. The zero-order valence-corrected chi connectivity index (χ0v) is 24.7. The number of carbonyl (C=O) groups is 2. The first-order chi connectivity index (χ1) is 20.5. The number of halogens is 2. The second kappa shape index (κ2) is 14.1. The van der Waals surface area contributed by atoms with Crippen LogP contribution in [0.15, 0.2) is 91.0 Å². The van der Waals surface area contributed by atoms with Gasteiger partial charge in [-0.25, -0.2) is 8.78 Å². The Morgan fingerprint density at radius 2 is 1.51 bits per heavy atom. The van der Waals surface area contributed by atoms with Gasteiger partial charge in [0.05, 0.1) is 12.2 Å². The Bertz CT molecular complexity index is 1550. The lowest BCUT2D eigenvalue weighted by molar-refractivity contribution is -0.125. The number of ether oxygens (including phenoxy) is 1. The van der Waals surface area contributed by atoms with E-state index in [9.17, 15) is 18.4 Å². The van der Waals surface area contributed by atoms with Crippen LogP contribution in [-0.2, 0) is 34.6 Å². The molecule has 2 amide bonds. The largest absolute Gasteiger partial charge is 0.455 e. The van der Waals surface area contributed by atoms with E-state index in [4.69, 9.17) is 10.5 Å². The smallest absolute Gasteiger partial charge is 0.227 e. The highest BCUT2D eigenvalue weighted by atomic mass is 19.1. The molecule has 4 aromatic rings. The summed E-state index contributed by atoms with van der Waals surface area (Å²) in [5, 5.41) is 2.51. The second-order valence-corrected chi connectivity index (χ2v) is 11.3. The van der Waals surface area contributed by atoms with Gasteiger partial charge in [0, 0.05) is 31.5 Å². The number of rotatable bonds is 11. The molecule has 4 aromatic carbocycles. The van der Waals surface area contributed by atoms with Crippen molar-refractivity contribution in [1.82, 2.24) is 5.32 Å². The summed E-state index contributed by atoms with van der Waals surface area (Å²) in [5.74, 6) is -1.23. The molecule has 4 rings (SSSR count). The predicted molar refractivity (Wildman–Crippen MR) is 165 cm³/mol. The van der Waals surface area contributed by atoms with E-state index in [1.807, 2.05) is 60.7 Å². The van der Waals surface area contributed by atoms with Crippen LogP contribution in [0.25, 0.3) is 0 Å². The van der Waals surface area contributed by atoms with Crippen molar-refractivity contribution in [2.75, 3.05) is 4.90 Å². The third kappa shape index (κ3) is 8.49. The van der Waals surface area contributed by atoms with E-state index in [2.05, 4.69) is 26.1 Å². The van der Waals surface area contributed by atoms with Crippen LogP contribution in [0, 0.1) is 11.6 Å².